The van der Waals surface area contributed by atoms with Crippen molar-refractivity contribution in [1.82, 2.24) is 10.3 Å². The molecule has 0 fully saturated rings. The van der Waals surface area contributed by atoms with Gasteiger partial charge >= 0.3 is 0 Å². The van der Waals surface area contributed by atoms with E-state index < -0.39 is 0 Å². The van der Waals surface area contributed by atoms with E-state index in [0.29, 0.717) is 18.2 Å². The van der Waals surface area contributed by atoms with E-state index in [-0.39, 0.29) is 5.91 Å². The Morgan fingerprint density at radius 3 is 2.70 bits per heavy atom. The number of nitrogens with zero attached hydrogens (tertiary/aromatic N) is 1. The number of ether oxygens (including phenoxy) is 1. The molecule has 0 aliphatic rings. The Kier molecular flexibility index (Phi) is 6.63. The maximum atomic E-state index is 11.9. The fourth-order valence-corrected chi connectivity index (χ4v) is 3.15. The third-order valence-corrected chi connectivity index (χ3v) is 4.96. The molecule has 1 amide bonds. The van der Waals surface area contributed by atoms with Crippen LogP contribution in [-0.2, 0) is 17.9 Å². The summed E-state index contributed by atoms with van der Waals surface area (Å²) in [7, 11) is 0. The summed E-state index contributed by atoms with van der Waals surface area (Å²) < 4.78 is 5.75. The molecule has 0 unspecified atom stereocenters. The van der Waals surface area contributed by atoms with Crippen molar-refractivity contribution in [2.24, 2.45) is 0 Å². The van der Waals surface area contributed by atoms with Crippen LogP contribution in [0, 0.1) is 6.92 Å². The van der Waals surface area contributed by atoms with Crippen LogP contribution in [0.3, 0.4) is 0 Å². The maximum Gasteiger partial charge on any atom is 0.244 e. The van der Waals surface area contributed by atoms with Crippen molar-refractivity contribution in [3.8, 4) is 5.75 Å². The van der Waals surface area contributed by atoms with Crippen molar-refractivity contribution < 1.29 is 9.53 Å². The van der Waals surface area contributed by atoms with Crippen molar-refractivity contribution in [3.05, 3.63) is 86.8 Å². The molecule has 1 heterocycles. The summed E-state index contributed by atoms with van der Waals surface area (Å²) in [4.78, 5) is 16.2. The summed E-state index contributed by atoms with van der Waals surface area (Å²) in [6.07, 6.45) is 3.28. The molecule has 1 N–H and O–H groups in total. The Morgan fingerprint density at radius 1 is 1.22 bits per heavy atom. The molecule has 0 radical (unpaired) electrons. The van der Waals surface area contributed by atoms with E-state index in [1.165, 1.54) is 6.08 Å². The Bertz CT molecular complexity index is 935. The summed E-state index contributed by atoms with van der Waals surface area (Å²) in [5.41, 5.74) is 2.73. The topological polar surface area (TPSA) is 51.2 Å². The van der Waals surface area contributed by atoms with Gasteiger partial charge in [-0.2, -0.15) is 0 Å². The van der Waals surface area contributed by atoms with Crippen LogP contribution >= 0.6 is 22.9 Å². The molecule has 3 rings (SSSR count). The maximum absolute atomic E-state index is 11.9. The molecule has 3 aromatic rings. The summed E-state index contributed by atoms with van der Waals surface area (Å²) >= 11 is 7.69. The van der Waals surface area contributed by atoms with Crippen LogP contribution < -0.4 is 10.1 Å². The van der Waals surface area contributed by atoms with Crippen molar-refractivity contribution in [2.75, 3.05) is 0 Å². The highest BCUT2D eigenvalue weighted by molar-refractivity contribution is 7.09. The second-order valence-electron chi connectivity index (χ2n) is 5.86. The van der Waals surface area contributed by atoms with Crippen molar-refractivity contribution in [1.29, 1.82) is 0 Å². The fourth-order valence-electron chi connectivity index (χ4n) is 2.35. The van der Waals surface area contributed by atoms with Gasteiger partial charge in [-0.25, -0.2) is 4.98 Å². The molecule has 6 heteroatoms. The van der Waals surface area contributed by atoms with Gasteiger partial charge in [-0.15, -0.1) is 11.3 Å². The van der Waals surface area contributed by atoms with Gasteiger partial charge in [0.25, 0.3) is 0 Å². The molecule has 1 aromatic heterocycles. The normalized spacial score (nSPS) is 10.9. The smallest absolute Gasteiger partial charge is 0.244 e. The Balaban J connectivity index is 1.48. The first-order valence-electron chi connectivity index (χ1n) is 8.43. The fraction of sp³-hybridized carbons (Fsp3) is 0.143. The van der Waals surface area contributed by atoms with Gasteiger partial charge < -0.3 is 10.1 Å². The minimum absolute atomic E-state index is 0.153. The van der Waals surface area contributed by atoms with Gasteiger partial charge in [0, 0.05) is 22.0 Å². The van der Waals surface area contributed by atoms with Crippen LogP contribution in [0.15, 0.2) is 60.0 Å². The zero-order chi connectivity index (χ0) is 19.1. The zero-order valence-electron chi connectivity index (χ0n) is 14.8. The van der Waals surface area contributed by atoms with Crippen LogP contribution in [0.2, 0.25) is 5.02 Å². The average molecular weight is 399 g/mol. The number of hydrogen-bond donors (Lipinski definition) is 1. The molecule has 2 aromatic carbocycles. The lowest BCUT2D eigenvalue weighted by atomic mass is 10.2. The van der Waals surface area contributed by atoms with Crippen molar-refractivity contribution in [3.63, 3.8) is 0 Å². The molecule has 0 aliphatic carbocycles. The van der Waals surface area contributed by atoms with E-state index in [1.54, 1.807) is 17.4 Å². The number of hydrogen-bond acceptors (Lipinski definition) is 4. The van der Waals surface area contributed by atoms with Gasteiger partial charge in [-0.05, 0) is 36.8 Å². The van der Waals surface area contributed by atoms with E-state index >= 15 is 0 Å². The van der Waals surface area contributed by atoms with Gasteiger partial charge in [0.2, 0.25) is 5.91 Å². The van der Waals surface area contributed by atoms with E-state index in [4.69, 9.17) is 16.3 Å². The predicted octanol–water partition coefficient (Wildman–Crippen LogP) is 5.01. The van der Waals surface area contributed by atoms with Gasteiger partial charge in [-0.3, -0.25) is 4.79 Å². The van der Waals surface area contributed by atoms with Crippen molar-refractivity contribution >= 4 is 34.9 Å². The SMILES string of the molecule is Cc1nc(CNC(=O)/C=C/c2ccc(OCc3ccccc3Cl)cc2)cs1. The first kappa shape index (κ1) is 19.1. The van der Waals surface area contributed by atoms with Crippen LogP contribution in [0.4, 0.5) is 0 Å². The van der Waals surface area contributed by atoms with E-state index in [9.17, 15) is 4.79 Å². The zero-order valence-corrected chi connectivity index (χ0v) is 16.4. The monoisotopic (exact) mass is 398 g/mol. The molecule has 0 spiro atoms. The molecule has 0 saturated heterocycles. The molecular formula is C21H19ClN2O2S. The van der Waals surface area contributed by atoms with Gasteiger partial charge in [0.15, 0.2) is 0 Å². The number of amides is 1. The summed E-state index contributed by atoms with van der Waals surface area (Å²) in [5.74, 6) is 0.593. The first-order valence-corrected chi connectivity index (χ1v) is 9.69. The summed E-state index contributed by atoms with van der Waals surface area (Å²) in [5, 5.41) is 6.45. The number of rotatable bonds is 7. The predicted molar refractivity (Wildman–Crippen MR) is 110 cm³/mol. The lowest BCUT2D eigenvalue weighted by Crippen LogP contribution is -2.20. The molecule has 27 heavy (non-hydrogen) atoms. The first-order chi connectivity index (χ1) is 13.1. The number of aryl methyl sites for hydroxylation is 1. The Labute approximate surface area is 167 Å². The minimum Gasteiger partial charge on any atom is -0.489 e. The molecule has 0 aliphatic heterocycles. The van der Waals surface area contributed by atoms with E-state index in [0.717, 1.165) is 27.6 Å². The lowest BCUT2D eigenvalue weighted by Gasteiger charge is -2.07. The Morgan fingerprint density at radius 2 is 2.00 bits per heavy atom. The third kappa shape index (κ3) is 5.94. The number of halogens is 1. The number of carbonyl (C=O) groups excluding carboxylic acids is 1. The number of carbonyl (C=O) groups is 1. The second-order valence-corrected chi connectivity index (χ2v) is 7.33. The van der Waals surface area contributed by atoms with E-state index in [2.05, 4.69) is 10.3 Å². The Hall–Kier alpha value is -2.63. The standard InChI is InChI=1S/C21H19ClN2O2S/c1-15-24-18(14-27-15)12-23-21(25)11-8-16-6-9-19(10-7-16)26-13-17-4-2-3-5-20(17)22/h2-11,14H,12-13H2,1H3,(H,23,25)/b11-8+. The minimum atomic E-state index is -0.153. The van der Waals surface area contributed by atoms with Crippen LogP contribution in [0.5, 0.6) is 5.75 Å². The highest BCUT2D eigenvalue weighted by Crippen LogP contribution is 2.19. The highest BCUT2D eigenvalue weighted by atomic mass is 35.5. The molecule has 0 atom stereocenters. The van der Waals surface area contributed by atoms with Gasteiger partial charge in [0.05, 0.1) is 17.2 Å². The number of aromatic nitrogens is 1. The highest BCUT2D eigenvalue weighted by Gasteiger charge is 2.02. The molecular weight excluding hydrogens is 380 g/mol. The second kappa shape index (κ2) is 9.35. The molecule has 138 valence electrons. The number of benzene rings is 2. The number of thiazole rings is 1. The quantitative estimate of drug-likeness (QED) is 0.569. The van der Waals surface area contributed by atoms with E-state index in [1.807, 2.05) is 60.8 Å². The largest absolute Gasteiger partial charge is 0.489 e. The number of nitrogens with one attached hydrogen (secondary N) is 1. The average Bonchev–Trinajstić information content (AvgIpc) is 3.10. The molecule has 0 bridgehead atoms. The van der Waals surface area contributed by atoms with Crippen LogP contribution in [0.1, 0.15) is 21.8 Å². The van der Waals surface area contributed by atoms with Gasteiger partial charge in [-0.1, -0.05) is 41.9 Å². The van der Waals surface area contributed by atoms with Crippen molar-refractivity contribution in [2.45, 2.75) is 20.1 Å². The van der Waals surface area contributed by atoms with Crippen LogP contribution in [-0.4, -0.2) is 10.9 Å². The summed E-state index contributed by atoms with van der Waals surface area (Å²) in [6, 6.07) is 15.1. The molecule has 4 nitrogen and oxygen atoms in total. The molecule has 0 saturated carbocycles. The summed E-state index contributed by atoms with van der Waals surface area (Å²) in [6.45, 7) is 2.79. The lowest BCUT2D eigenvalue weighted by molar-refractivity contribution is -0.116. The third-order valence-electron chi connectivity index (χ3n) is 3.77. The van der Waals surface area contributed by atoms with Gasteiger partial charge in [0.1, 0.15) is 12.4 Å². The van der Waals surface area contributed by atoms with Crippen LogP contribution in [0.25, 0.3) is 6.08 Å².